The number of hydrogen-bond acceptors (Lipinski definition) is 3. The highest BCUT2D eigenvalue weighted by molar-refractivity contribution is 7.92. The molecule has 0 bridgehead atoms. The van der Waals surface area contributed by atoms with Crippen molar-refractivity contribution in [1.82, 2.24) is 5.32 Å². The first-order chi connectivity index (χ1) is 10.0. The van der Waals surface area contributed by atoms with Gasteiger partial charge in [-0.05, 0) is 36.5 Å². The number of amides is 1. The zero-order chi connectivity index (χ0) is 17.1. The van der Waals surface area contributed by atoms with E-state index in [1.54, 1.807) is 25.1 Å². The highest BCUT2D eigenvalue weighted by atomic mass is 32.2. The van der Waals surface area contributed by atoms with Crippen molar-refractivity contribution in [2.75, 3.05) is 11.0 Å². The van der Waals surface area contributed by atoms with Crippen LogP contribution in [0.4, 0.5) is 5.69 Å². The molecular weight excluding hydrogens is 300 g/mol. The number of hydrogen-bond donors (Lipinski definition) is 2. The van der Waals surface area contributed by atoms with E-state index >= 15 is 0 Å². The fourth-order valence-electron chi connectivity index (χ4n) is 2.52. The molecule has 0 aliphatic carbocycles. The molecule has 0 saturated heterocycles. The average Bonchev–Trinajstić information content (AvgIpc) is 2.35. The molecule has 0 fully saturated rings. The smallest absolute Gasteiger partial charge is 0.251 e. The number of carbonyl (C=O) groups excluding carboxylic acids is 1. The van der Waals surface area contributed by atoms with Crippen LogP contribution in [-0.4, -0.2) is 26.6 Å². The normalized spacial score (nSPS) is 12.0. The Kier molecular flexibility index (Phi) is 6.00. The van der Waals surface area contributed by atoms with Crippen LogP contribution in [0.3, 0.4) is 0 Å². The predicted molar refractivity (Wildman–Crippen MR) is 90.6 cm³/mol. The molecule has 22 heavy (non-hydrogen) atoms. The molecule has 5 nitrogen and oxygen atoms in total. The molecule has 124 valence electrons. The van der Waals surface area contributed by atoms with Gasteiger partial charge in [-0.1, -0.05) is 33.8 Å². The summed E-state index contributed by atoms with van der Waals surface area (Å²) in [4.78, 5) is 12.5. The highest BCUT2D eigenvalue weighted by Crippen LogP contribution is 2.21. The molecule has 1 aromatic carbocycles. The predicted octanol–water partition coefficient (Wildman–Crippen LogP) is 2.78. The number of nitrogens with one attached hydrogen (secondary N) is 2. The summed E-state index contributed by atoms with van der Waals surface area (Å²) >= 11 is 0. The van der Waals surface area contributed by atoms with Crippen molar-refractivity contribution >= 4 is 21.6 Å². The van der Waals surface area contributed by atoms with E-state index in [-0.39, 0.29) is 11.9 Å². The van der Waals surface area contributed by atoms with Crippen molar-refractivity contribution in [3.05, 3.63) is 29.3 Å². The molecule has 1 amide bonds. The Labute approximate surface area is 133 Å². The largest absolute Gasteiger partial charge is 0.349 e. The molecule has 0 heterocycles. The van der Waals surface area contributed by atoms with E-state index in [1.807, 2.05) is 0 Å². The zero-order valence-electron chi connectivity index (χ0n) is 14.1. The Morgan fingerprint density at radius 2 is 1.64 bits per heavy atom. The van der Waals surface area contributed by atoms with Gasteiger partial charge in [0.05, 0.1) is 11.9 Å². The molecule has 0 aliphatic heterocycles. The molecule has 1 rings (SSSR count). The van der Waals surface area contributed by atoms with E-state index in [9.17, 15) is 13.2 Å². The van der Waals surface area contributed by atoms with Crippen LogP contribution in [0.1, 0.15) is 43.6 Å². The van der Waals surface area contributed by atoms with Gasteiger partial charge in [0, 0.05) is 11.6 Å². The molecule has 0 atom stereocenters. The lowest BCUT2D eigenvalue weighted by molar-refractivity contribution is 0.0910. The van der Waals surface area contributed by atoms with Crippen molar-refractivity contribution in [3.8, 4) is 0 Å². The van der Waals surface area contributed by atoms with Crippen LogP contribution >= 0.6 is 0 Å². The molecule has 0 spiro atoms. The second kappa shape index (κ2) is 7.13. The molecule has 0 aliphatic rings. The zero-order valence-corrected chi connectivity index (χ0v) is 14.9. The van der Waals surface area contributed by atoms with Crippen LogP contribution in [0.5, 0.6) is 0 Å². The van der Waals surface area contributed by atoms with Crippen molar-refractivity contribution in [2.45, 2.75) is 40.7 Å². The maximum Gasteiger partial charge on any atom is 0.251 e. The van der Waals surface area contributed by atoms with Gasteiger partial charge >= 0.3 is 0 Å². The Bertz CT molecular complexity index is 629. The minimum absolute atomic E-state index is 0.0680. The Morgan fingerprint density at radius 3 is 2.09 bits per heavy atom. The van der Waals surface area contributed by atoms with E-state index < -0.39 is 10.0 Å². The highest BCUT2D eigenvalue weighted by Gasteiger charge is 2.22. The summed E-state index contributed by atoms with van der Waals surface area (Å²) in [6, 6.07) is 5.10. The number of carbonyl (C=O) groups is 1. The molecule has 2 N–H and O–H groups in total. The summed E-state index contributed by atoms with van der Waals surface area (Å²) < 4.78 is 25.2. The second-order valence-corrected chi connectivity index (χ2v) is 8.09. The summed E-state index contributed by atoms with van der Waals surface area (Å²) in [6.45, 7) is 10.0. The van der Waals surface area contributed by atoms with Gasteiger partial charge in [0.25, 0.3) is 5.91 Å². The molecule has 0 aromatic heterocycles. The van der Waals surface area contributed by atoms with Crippen LogP contribution in [-0.2, 0) is 10.0 Å². The number of rotatable bonds is 6. The van der Waals surface area contributed by atoms with Crippen LogP contribution in [0.15, 0.2) is 18.2 Å². The van der Waals surface area contributed by atoms with E-state index in [0.29, 0.717) is 28.7 Å². The maximum absolute atomic E-state index is 12.5. The molecular formula is C16H26N2O3S. The minimum Gasteiger partial charge on any atom is -0.349 e. The van der Waals surface area contributed by atoms with Gasteiger partial charge in [-0.25, -0.2) is 8.42 Å². The lowest BCUT2D eigenvalue weighted by atomic mass is 9.92. The SMILES string of the molecule is Cc1c(NS(C)(=O)=O)cccc1C(=O)NC(C(C)C)C(C)C. The number of benzene rings is 1. The van der Waals surface area contributed by atoms with Crippen molar-refractivity contribution in [2.24, 2.45) is 11.8 Å². The van der Waals surface area contributed by atoms with Crippen LogP contribution in [0.25, 0.3) is 0 Å². The fraction of sp³-hybridized carbons (Fsp3) is 0.562. The van der Waals surface area contributed by atoms with Gasteiger partial charge in [-0.3, -0.25) is 9.52 Å². The second-order valence-electron chi connectivity index (χ2n) is 6.34. The Morgan fingerprint density at radius 1 is 1.09 bits per heavy atom. The monoisotopic (exact) mass is 326 g/mol. The minimum atomic E-state index is -3.37. The van der Waals surface area contributed by atoms with Gasteiger partial charge < -0.3 is 5.32 Å². The quantitative estimate of drug-likeness (QED) is 0.844. The third kappa shape index (κ3) is 5.02. The molecule has 0 saturated carbocycles. The van der Waals surface area contributed by atoms with Gasteiger partial charge in [-0.2, -0.15) is 0 Å². The number of sulfonamides is 1. The van der Waals surface area contributed by atoms with Gasteiger partial charge in [0.1, 0.15) is 0 Å². The maximum atomic E-state index is 12.5. The summed E-state index contributed by atoms with van der Waals surface area (Å²) in [5, 5.41) is 3.05. The standard InChI is InChI=1S/C16H26N2O3S/c1-10(2)15(11(3)4)17-16(19)13-8-7-9-14(12(13)5)18-22(6,20)21/h7-11,15,18H,1-6H3,(H,17,19). The summed E-state index contributed by atoms with van der Waals surface area (Å²) in [5.41, 5.74) is 1.54. The molecule has 0 radical (unpaired) electrons. The molecule has 0 unspecified atom stereocenters. The van der Waals surface area contributed by atoms with Crippen LogP contribution in [0, 0.1) is 18.8 Å². The lowest BCUT2D eigenvalue weighted by Gasteiger charge is -2.26. The van der Waals surface area contributed by atoms with E-state index in [1.165, 1.54) is 0 Å². The van der Waals surface area contributed by atoms with E-state index in [0.717, 1.165) is 6.26 Å². The van der Waals surface area contributed by atoms with Crippen molar-refractivity contribution in [1.29, 1.82) is 0 Å². The Balaban J connectivity index is 3.06. The summed E-state index contributed by atoms with van der Waals surface area (Å²) in [6.07, 6.45) is 1.09. The molecule has 6 heteroatoms. The topological polar surface area (TPSA) is 75.3 Å². The van der Waals surface area contributed by atoms with Crippen molar-refractivity contribution in [3.63, 3.8) is 0 Å². The summed E-state index contributed by atoms with van der Waals surface area (Å²) in [7, 11) is -3.37. The van der Waals surface area contributed by atoms with Crippen molar-refractivity contribution < 1.29 is 13.2 Å². The van der Waals surface area contributed by atoms with Gasteiger partial charge in [-0.15, -0.1) is 0 Å². The fourth-order valence-corrected chi connectivity index (χ4v) is 3.14. The average molecular weight is 326 g/mol. The Hall–Kier alpha value is -1.56. The van der Waals surface area contributed by atoms with E-state index in [2.05, 4.69) is 37.7 Å². The van der Waals surface area contributed by atoms with E-state index in [4.69, 9.17) is 0 Å². The third-order valence-corrected chi connectivity index (χ3v) is 4.20. The third-order valence-electron chi connectivity index (χ3n) is 3.61. The van der Waals surface area contributed by atoms with Crippen LogP contribution < -0.4 is 10.0 Å². The van der Waals surface area contributed by atoms with Crippen LogP contribution in [0.2, 0.25) is 0 Å². The van der Waals surface area contributed by atoms with Gasteiger partial charge in [0.15, 0.2) is 0 Å². The first kappa shape index (κ1) is 18.5. The first-order valence-electron chi connectivity index (χ1n) is 7.41. The first-order valence-corrected chi connectivity index (χ1v) is 9.30. The lowest BCUT2D eigenvalue weighted by Crippen LogP contribution is -2.42. The summed E-state index contributed by atoms with van der Waals surface area (Å²) in [5.74, 6) is 0.463. The van der Waals surface area contributed by atoms with Gasteiger partial charge in [0.2, 0.25) is 10.0 Å². The number of anilines is 1. The molecule has 1 aromatic rings.